The Hall–Kier alpha value is -0.120. The molecular weight excluding hydrogens is 128 g/mol. The molecule has 0 aromatic rings. The van der Waals surface area contributed by atoms with Gasteiger partial charge in [-0.1, -0.05) is 0 Å². The summed E-state index contributed by atoms with van der Waals surface area (Å²) in [4.78, 5) is 0. The van der Waals surface area contributed by atoms with Gasteiger partial charge in [-0.05, 0) is 6.92 Å². The molecule has 2 atom stereocenters. The normalized spacial score (nSPS) is 34.2. The highest BCUT2D eigenvalue weighted by atomic mass is 16.5. The molecule has 1 aliphatic heterocycles. The Morgan fingerprint density at radius 1 is 1.50 bits per heavy atom. The molecule has 1 heterocycles. The highest BCUT2D eigenvalue weighted by Crippen LogP contribution is 1.92. The predicted molar refractivity (Wildman–Crippen MR) is 41.1 cm³/mol. The summed E-state index contributed by atoms with van der Waals surface area (Å²) in [6.07, 6.45) is 0. The van der Waals surface area contributed by atoms with E-state index in [-0.39, 0.29) is 0 Å². The molecule has 0 radical (unpaired) electrons. The summed E-state index contributed by atoms with van der Waals surface area (Å²) in [5.41, 5.74) is 0. The van der Waals surface area contributed by atoms with Gasteiger partial charge in [-0.15, -0.1) is 0 Å². The van der Waals surface area contributed by atoms with Crippen LogP contribution in [-0.2, 0) is 4.74 Å². The zero-order valence-corrected chi connectivity index (χ0v) is 6.68. The third-order valence-corrected chi connectivity index (χ3v) is 1.73. The molecule has 1 fully saturated rings. The second-order valence-corrected chi connectivity index (χ2v) is 2.88. The van der Waals surface area contributed by atoms with Crippen LogP contribution in [-0.4, -0.2) is 38.9 Å². The molecule has 0 aromatic heterocycles. The molecule has 1 saturated heterocycles. The van der Waals surface area contributed by atoms with Crippen molar-refractivity contribution in [3.05, 3.63) is 0 Å². The Balaban J connectivity index is 2.18. The molecule has 0 amide bonds. The van der Waals surface area contributed by atoms with Crippen molar-refractivity contribution in [2.45, 2.75) is 19.0 Å². The van der Waals surface area contributed by atoms with E-state index in [9.17, 15) is 0 Å². The summed E-state index contributed by atoms with van der Waals surface area (Å²) in [6.45, 7) is 5.07. The number of nitrogens with one attached hydrogen (secondary N) is 2. The molecule has 0 saturated carbocycles. The van der Waals surface area contributed by atoms with E-state index >= 15 is 0 Å². The van der Waals surface area contributed by atoms with Crippen molar-refractivity contribution < 1.29 is 4.74 Å². The summed E-state index contributed by atoms with van der Waals surface area (Å²) in [5, 5.41) is 6.76. The van der Waals surface area contributed by atoms with Crippen molar-refractivity contribution in [1.82, 2.24) is 10.6 Å². The maximum absolute atomic E-state index is 5.03. The van der Waals surface area contributed by atoms with Gasteiger partial charge in [-0.25, -0.2) is 0 Å². The van der Waals surface area contributed by atoms with E-state index in [0.29, 0.717) is 12.1 Å². The Labute approximate surface area is 62.1 Å². The number of methoxy groups -OCH3 is 1. The third kappa shape index (κ3) is 2.25. The lowest BCUT2D eigenvalue weighted by Crippen LogP contribution is -2.55. The highest BCUT2D eigenvalue weighted by molar-refractivity contribution is 4.80. The molecule has 0 aliphatic carbocycles. The summed E-state index contributed by atoms with van der Waals surface area (Å²) in [5.74, 6) is 0. The van der Waals surface area contributed by atoms with Gasteiger partial charge in [-0.2, -0.15) is 0 Å². The van der Waals surface area contributed by atoms with E-state index in [2.05, 4.69) is 17.6 Å². The van der Waals surface area contributed by atoms with Gasteiger partial charge in [-0.3, -0.25) is 0 Å². The molecule has 0 aromatic carbocycles. The average Bonchev–Trinajstić information content (AvgIpc) is 1.88. The first-order chi connectivity index (χ1) is 4.83. The van der Waals surface area contributed by atoms with E-state index in [1.54, 1.807) is 7.11 Å². The monoisotopic (exact) mass is 144 g/mol. The lowest BCUT2D eigenvalue weighted by Gasteiger charge is -2.28. The quantitative estimate of drug-likeness (QED) is 0.552. The fourth-order valence-corrected chi connectivity index (χ4v) is 1.30. The number of piperazine rings is 1. The minimum absolute atomic E-state index is 0.494. The first kappa shape index (κ1) is 7.98. The number of ether oxygens (including phenoxy) is 1. The van der Waals surface area contributed by atoms with Crippen LogP contribution in [0.5, 0.6) is 0 Å². The van der Waals surface area contributed by atoms with E-state index < -0.39 is 0 Å². The first-order valence-corrected chi connectivity index (χ1v) is 3.78. The van der Waals surface area contributed by atoms with Gasteiger partial charge < -0.3 is 15.4 Å². The molecule has 0 bridgehead atoms. The Bertz CT molecular complexity index is 95.6. The predicted octanol–water partition coefficient (Wildman–Crippen LogP) is -0.417. The molecule has 3 heteroatoms. The fraction of sp³-hybridized carbons (Fsp3) is 1.00. The zero-order chi connectivity index (χ0) is 7.40. The standard InChI is InChI=1S/C7H16N2O/c1-6-3-8-4-7(9-6)5-10-2/h6-9H,3-5H2,1-2H3. The van der Waals surface area contributed by atoms with Crippen molar-refractivity contribution >= 4 is 0 Å². The summed E-state index contributed by atoms with van der Waals surface area (Å²) in [6, 6.07) is 1.07. The lowest BCUT2D eigenvalue weighted by atomic mass is 10.2. The van der Waals surface area contributed by atoms with Crippen LogP contribution in [0, 0.1) is 0 Å². The molecule has 2 unspecified atom stereocenters. The van der Waals surface area contributed by atoms with Gasteiger partial charge in [0, 0.05) is 32.3 Å². The van der Waals surface area contributed by atoms with Crippen molar-refractivity contribution in [3.8, 4) is 0 Å². The second kappa shape index (κ2) is 3.91. The molecule has 1 aliphatic rings. The van der Waals surface area contributed by atoms with Crippen LogP contribution in [0.4, 0.5) is 0 Å². The Morgan fingerprint density at radius 2 is 2.30 bits per heavy atom. The van der Waals surface area contributed by atoms with Crippen LogP contribution in [0.15, 0.2) is 0 Å². The molecule has 2 N–H and O–H groups in total. The lowest BCUT2D eigenvalue weighted by molar-refractivity contribution is 0.150. The van der Waals surface area contributed by atoms with Gasteiger partial charge >= 0.3 is 0 Å². The van der Waals surface area contributed by atoms with Gasteiger partial charge in [0.2, 0.25) is 0 Å². The summed E-state index contributed by atoms with van der Waals surface area (Å²) < 4.78 is 5.03. The summed E-state index contributed by atoms with van der Waals surface area (Å²) in [7, 11) is 1.74. The van der Waals surface area contributed by atoms with E-state index in [0.717, 1.165) is 19.7 Å². The van der Waals surface area contributed by atoms with Gasteiger partial charge in [0.1, 0.15) is 0 Å². The van der Waals surface area contributed by atoms with Crippen LogP contribution in [0.25, 0.3) is 0 Å². The van der Waals surface area contributed by atoms with Crippen molar-refractivity contribution in [1.29, 1.82) is 0 Å². The average molecular weight is 144 g/mol. The van der Waals surface area contributed by atoms with Gasteiger partial charge in [0.15, 0.2) is 0 Å². The molecular formula is C7H16N2O. The van der Waals surface area contributed by atoms with E-state index in [1.807, 2.05) is 0 Å². The third-order valence-electron chi connectivity index (χ3n) is 1.73. The smallest absolute Gasteiger partial charge is 0.0628 e. The topological polar surface area (TPSA) is 33.3 Å². The number of hydrogen-bond acceptors (Lipinski definition) is 3. The van der Waals surface area contributed by atoms with Crippen molar-refractivity contribution in [2.75, 3.05) is 26.8 Å². The molecule has 10 heavy (non-hydrogen) atoms. The highest BCUT2D eigenvalue weighted by Gasteiger charge is 2.15. The largest absolute Gasteiger partial charge is 0.383 e. The maximum atomic E-state index is 5.03. The second-order valence-electron chi connectivity index (χ2n) is 2.88. The maximum Gasteiger partial charge on any atom is 0.0628 e. The Morgan fingerprint density at radius 3 is 2.90 bits per heavy atom. The van der Waals surface area contributed by atoms with Crippen molar-refractivity contribution in [2.24, 2.45) is 0 Å². The van der Waals surface area contributed by atoms with Crippen LogP contribution >= 0.6 is 0 Å². The van der Waals surface area contributed by atoms with Crippen LogP contribution in [0.2, 0.25) is 0 Å². The zero-order valence-electron chi connectivity index (χ0n) is 6.68. The summed E-state index contributed by atoms with van der Waals surface area (Å²) >= 11 is 0. The number of hydrogen-bond donors (Lipinski definition) is 2. The number of rotatable bonds is 2. The fourth-order valence-electron chi connectivity index (χ4n) is 1.30. The van der Waals surface area contributed by atoms with Crippen LogP contribution in [0.1, 0.15) is 6.92 Å². The molecule has 60 valence electrons. The van der Waals surface area contributed by atoms with Crippen molar-refractivity contribution in [3.63, 3.8) is 0 Å². The molecule has 3 nitrogen and oxygen atoms in total. The minimum atomic E-state index is 0.494. The van der Waals surface area contributed by atoms with Crippen LogP contribution < -0.4 is 10.6 Å². The Kier molecular flexibility index (Phi) is 3.12. The first-order valence-electron chi connectivity index (χ1n) is 3.78. The van der Waals surface area contributed by atoms with Gasteiger partial charge in [0.25, 0.3) is 0 Å². The van der Waals surface area contributed by atoms with Crippen LogP contribution in [0.3, 0.4) is 0 Å². The van der Waals surface area contributed by atoms with Gasteiger partial charge in [0.05, 0.1) is 6.61 Å². The minimum Gasteiger partial charge on any atom is -0.383 e. The molecule has 0 spiro atoms. The van der Waals surface area contributed by atoms with E-state index in [4.69, 9.17) is 4.74 Å². The SMILES string of the molecule is COCC1CNCC(C)N1. The molecule has 1 rings (SSSR count). The van der Waals surface area contributed by atoms with E-state index in [1.165, 1.54) is 0 Å².